The number of methoxy groups -OCH3 is 1. The zero-order valence-corrected chi connectivity index (χ0v) is 30.1. The Morgan fingerprint density at radius 3 is 1.14 bits per heavy atom. The van der Waals surface area contributed by atoms with Crippen molar-refractivity contribution in [2.45, 2.75) is 188 Å². The summed E-state index contributed by atoms with van der Waals surface area (Å²) >= 11 is 0. The zero-order valence-electron chi connectivity index (χ0n) is 30.1. The predicted octanol–water partition coefficient (Wildman–Crippen LogP) is 11.0. The van der Waals surface area contributed by atoms with Gasteiger partial charge in [-0.1, -0.05) is 156 Å². The van der Waals surface area contributed by atoms with Gasteiger partial charge in [-0.05, 0) is 32.1 Å². The van der Waals surface area contributed by atoms with Crippen LogP contribution >= 0.6 is 0 Å². The molecule has 2 atom stereocenters. The van der Waals surface area contributed by atoms with Gasteiger partial charge in [0.25, 0.3) is 0 Å². The van der Waals surface area contributed by atoms with E-state index in [1.165, 1.54) is 103 Å². The number of nitrogens with zero attached hydrogens (tertiary/aromatic N) is 1. The highest BCUT2D eigenvalue weighted by molar-refractivity contribution is 5.72. The molecule has 6 nitrogen and oxygen atoms in total. The quantitative estimate of drug-likeness (QED) is 0.0403. The minimum Gasteiger partial charge on any atom is -0.449 e. The number of hydrogen-bond acceptors (Lipinski definition) is 6. The van der Waals surface area contributed by atoms with E-state index in [1.54, 1.807) is 7.11 Å². The fourth-order valence-corrected chi connectivity index (χ4v) is 5.88. The summed E-state index contributed by atoms with van der Waals surface area (Å²) in [6, 6.07) is 0. The molecular formula is C38H75NO5. The molecule has 0 saturated carbocycles. The van der Waals surface area contributed by atoms with Gasteiger partial charge >= 0.3 is 11.9 Å². The Kier molecular flexibility index (Phi) is 32.4. The Bertz CT molecular complexity index is 580. The SMILES string of the molecule is CCCCCCCCC(CCCCCC)C(=O)OCN(CCCOC)COC(=O)C(CCCCCC)CCCCCCCC. The lowest BCUT2D eigenvalue weighted by molar-refractivity contribution is -0.163. The maximum atomic E-state index is 13.3. The monoisotopic (exact) mass is 626 g/mol. The smallest absolute Gasteiger partial charge is 0.310 e. The van der Waals surface area contributed by atoms with Crippen molar-refractivity contribution in [1.82, 2.24) is 4.90 Å². The average molecular weight is 626 g/mol. The minimum atomic E-state index is -0.0880. The summed E-state index contributed by atoms with van der Waals surface area (Å²) in [5, 5.41) is 0. The van der Waals surface area contributed by atoms with Crippen molar-refractivity contribution >= 4 is 11.9 Å². The molecule has 0 rings (SSSR count). The van der Waals surface area contributed by atoms with Crippen LogP contribution in [0.15, 0.2) is 0 Å². The Morgan fingerprint density at radius 2 is 0.795 bits per heavy atom. The fourth-order valence-electron chi connectivity index (χ4n) is 5.88. The molecule has 262 valence electrons. The summed E-state index contributed by atoms with van der Waals surface area (Å²) in [4.78, 5) is 28.5. The molecule has 0 N–H and O–H groups in total. The lowest BCUT2D eigenvalue weighted by atomic mass is 9.94. The normalized spacial score (nSPS) is 12.9. The Morgan fingerprint density at radius 1 is 0.477 bits per heavy atom. The summed E-state index contributed by atoms with van der Waals surface area (Å²) in [6.45, 7) is 10.5. The van der Waals surface area contributed by atoms with Gasteiger partial charge in [0, 0.05) is 20.3 Å². The van der Waals surface area contributed by atoms with Crippen molar-refractivity contribution in [1.29, 1.82) is 0 Å². The number of esters is 2. The molecule has 0 aromatic heterocycles. The molecular weight excluding hydrogens is 550 g/mol. The van der Waals surface area contributed by atoms with E-state index in [2.05, 4.69) is 27.7 Å². The first-order valence-electron chi connectivity index (χ1n) is 19.1. The first kappa shape index (κ1) is 42.9. The van der Waals surface area contributed by atoms with Crippen LogP contribution in [0.3, 0.4) is 0 Å². The van der Waals surface area contributed by atoms with Crippen molar-refractivity contribution < 1.29 is 23.8 Å². The second-order valence-corrected chi connectivity index (χ2v) is 13.1. The van der Waals surface area contributed by atoms with Crippen LogP contribution in [0.4, 0.5) is 0 Å². The molecule has 0 saturated heterocycles. The second kappa shape index (κ2) is 33.2. The van der Waals surface area contributed by atoms with E-state index in [1.807, 2.05) is 4.90 Å². The molecule has 2 unspecified atom stereocenters. The highest BCUT2D eigenvalue weighted by atomic mass is 16.6. The van der Waals surface area contributed by atoms with Crippen LogP contribution < -0.4 is 0 Å². The molecule has 0 spiro atoms. The van der Waals surface area contributed by atoms with Crippen molar-refractivity contribution in [2.24, 2.45) is 11.8 Å². The summed E-state index contributed by atoms with van der Waals surface area (Å²) in [5.74, 6) is -0.248. The second-order valence-electron chi connectivity index (χ2n) is 13.1. The van der Waals surface area contributed by atoms with Crippen LogP contribution in [0.1, 0.15) is 188 Å². The van der Waals surface area contributed by atoms with Gasteiger partial charge in [0.1, 0.15) is 13.5 Å². The van der Waals surface area contributed by atoms with Gasteiger partial charge in [-0.25, -0.2) is 4.90 Å². The Hall–Kier alpha value is -1.14. The van der Waals surface area contributed by atoms with Crippen LogP contribution in [0, 0.1) is 11.8 Å². The lowest BCUT2D eigenvalue weighted by Gasteiger charge is -2.24. The molecule has 44 heavy (non-hydrogen) atoms. The summed E-state index contributed by atoms with van der Waals surface area (Å²) < 4.78 is 17.1. The molecule has 0 aliphatic heterocycles. The predicted molar refractivity (Wildman–Crippen MR) is 186 cm³/mol. The zero-order chi connectivity index (χ0) is 32.5. The number of unbranched alkanes of at least 4 members (excludes halogenated alkanes) is 16. The molecule has 6 heteroatoms. The van der Waals surface area contributed by atoms with E-state index in [9.17, 15) is 9.59 Å². The highest BCUT2D eigenvalue weighted by Crippen LogP contribution is 2.22. The molecule has 0 aromatic carbocycles. The van der Waals surface area contributed by atoms with E-state index < -0.39 is 0 Å². The Balaban J connectivity index is 5.04. The van der Waals surface area contributed by atoms with Crippen molar-refractivity contribution in [3.8, 4) is 0 Å². The fraction of sp³-hybridized carbons (Fsp3) is 0.947. The number of ether oxygens (including phenoxy) is 3. The van der Waals surface area contributed by atoms with Gasteiger partial charge in [0.05, 0.1) is 11.8 Å². The molecule has 0 amide bonds. The van der Waals surface area contributed by atoms with Gasteiger partial charge in [-0.3, -0.25) is 9.59 Å². The van der Waals surface area contributed by atoms with Crippen LogP contribution in [-0.2, 0) is 23.8 Å². The van der Waals surface area contributed by atoms with E-state index in [4.69, 9.17) is 14.2 Å². The third-order valence-electron chi connectivity index (χ3n) is 8.89. The van der Waals surface area contributed by atoms with Crippen LogP contribution in [-0.4, -0.2) is 50.6 Å². The van der Waals surface area contributed by atoms with Gasteiger partial charge in [-0.2, -0.15) is 0 Å². The maximum absolute atomic E-state index is 13.3. The molecule has 0 bridgehead atoms. The van der Waals surface area contributed by atoms with Gasteiger partial charge < -0.3 is 14.2 Å². The molecule has 0 aromatic rings. The van der Waals surface area contributed by atoms with E-state index in [0.29, 0.717) is 13.2 Å². The number of hydrogen-bond donors (Lipinski definition) is 0. The van der Waals surface area contributed by atoms with Crippen molar-refractivity contribution in [3.05, 3.63) is 0 Å². The van der Waals surface area contributed by atoms with E-state index >= 15 is 0 Å². The third kappa shape index (κ3) is 26.1. The summed E-state index contributed by atoms with van der Waals surface area (Å²) in [5.41, 5.74) is 0. The van der Waals surface area contributed by atoms with Gasteiger partial charge in [0.2, 0.25) is 0 Å². The molecule has 0 heterocycles. The summed E-state index contributed by atoms with van der Waals surface area (Å²) in [6.07, 6.45) is 28.5. The Labute approximate surface area is 274 Å². The number of carbonyl (C=O) groups excluding carboxylic acids is 2. The standard InChI is InChI=1S/C38H75NO5/c1-6-10-14-18-20-24-29-35(27-22-16-12-8-3)37(40)43-33-39(31-26-32-42-5)34-44-38(41)36(28-23-17-13-9-4)30-25-21-19-15-11-7-2/h35-36H,6-34H2,1-5H3. The van der Waals surface area contributed by atoms with E-state index in [0.717, 1.165) is 57.8 Å². The molecule has 0 fully saturated rings. The molecule has 0 aliphatic carbocycles. The van der Waals surface area contributed by atoms with Crippen LogP contribution in [0.5, 0.6) is 0 Å². The number of carbonyl (C=O) groups is 2. The molecule has 0 aliphatic rings. The van der Waals surface area contributed by atoms with Crippen molar-refractivity contribution in [2.75, 3.05) is 33.7 Å². The lowest BCUT2D eigenvalue weighted by Crippen LogP contribution is -2.35. The third-order valence-corrected chi connectivity index (χ3v) is 8.89. The van der Waals surface area contributed by atoms with E-state index in [-0.39, 0.29) is 37.2 Å². The first-order chi connectivity index (χ1) is 21.5. The van der Waals surface area contributed by atoms with Crippen LogP contribution in [0.2, 0.25) is 0 Å². The highest BCUT2D eigenvalue weighted by Gasteiger charge is 2.23. The van der Waals surface area contributed by atoms with Gasteiger partial charge in [0.15, 0.2) is 0 Å². The maximum Gasteiger partial charge on any atom is 0.310 e. The number of rotatable bonds is 34. The summed E-state index contributed by atoms with van der Waals surface area (Å²) in [7, 11) is 1.70. The van der Waals surface area contributed by atoms with Gasteiger partial charge in [-0.15, -0.1) is 0 Å². The molecule has 0 radical (unpaired) electrons. The first-order valence-corrected chi connectivity index (χ1v) is 19.1. The topological polar surface area (TPSA) is 65.1 Å². The minimum absolute atomic E-state index is 0.0359. The average Bonchev–Trinajstić information content (AvgIpc) is 3.03. The van der Waals surface area contributed by atoms with Crippen molar-refractivity contribution in [3.63, 3.8) is 0 Å². The van der Waals surface area contributed by atoms with Crippen LogP contribution in [0.25, 0.3) is 0 Å². The largest absolute Gasteiger partial charge is 0.449 e.